The van der Waals surface area contributed by atoms with Crippen LogP contribution in [0.4, 0.5) is 0 Å². The number of nitrogens with zero attached hydrogens (tertiary/aromatic N) is 3. The van der Waals surface area contributed by atoms with E-state index in [1.807, 2.05) is 90.3 Å². The van der Waals surface area contributed by atoms with Gasteiger partial charge in [0.05, 0.1) is 23.6 Å². The fraction of sp³-hybridized carbons (Fsp3) is 0.250. The van der Waals surface area contributed by atoms with Crippen LogP contribution >= 0.6 is 11.6 Å². The first-order valence-electron chi connectivity index (χ1n) is 10.0. The van der Waals surface area contributed by atoms with Gasteiger partial charge in [-0.25, -0.2) is 4.68 Å². The maximum absolute atomic E-state index is 12.8. The van der Waals surface area contributed by atoms with E-state index in [2.05, 4.69) is 0 Å². The zero-order valence-corrected chi connectivity index (χ0v) is 17.8. The van der Waals surface area contributed by atoms with Crippen molar-refractivity contribution >= 4 is 23.6 Å². The van der Waals surface area contributed by atoms with Crippen LogP contribution in [0.25, 0.3) is 23.0 Å². The van der Waals surface area contributed by atoms with Crippen molar-refractivity contribution in [3.8, 4) is 16.9 Å². The third kappa shape index (κ3) is 4.64. The number of carbonyl (C=O) groups excluding carboxylic acids is 1. The molecular weight excluding hydrogens is 398 g/mol. The summed E-state index contributed by atoms with van der Waals surface area (Å²) in [6, 6.07) is 17.5. The van der Waals surface area contributed by atoms with Gasteiger partial charge in [0.1, 0.15) is 0 Å². The fourth-order valence-corrected chi connectivity index (χ4v) is 3.80. The Balaban J connectivity index is 1.65. The highest BCUT2D eigenvalue weighted by molar-refractivity contribution is 6.30. The molecule has 6 heteroatoms. The lowest BCUT2D eigenvalue weighted by Gasteiger charge is -2.34. The molecule has 2 heterocycles. The molecule has 1 amide bonds. The minimum Gasteiger partial charge on any atom is -0.372 e. The largest absolute Gasteiger partial charge is 0.372 e. The van der Waals surface area contributed by atoms with Crippen molar-refractivity contribution in [2.75, 3.05) is 13.1 Å². The Morgan fingerprint density at radius 2 is 1.73 bits per heavy atom. The van der Waals surface area contributed by atoms with E-state index < -0.39 is 0 Å². The lowest BCUT2D eigenvalue weighted by molar-refractivity contribution is -0.137. The Bertz CT molecular complexity index is 1030. The number of amides is 1. The van der Waals surface area contributed by atoms with E-state index in [4.69, 9.17) is 21.4 Å². The van der Waals surface area contributed by atoms with E-state index in [1.54, 1.807) is 6.08 Å². The monoisotopic (exact) mass is 421 g/mol. The Morgan fingerprint density at radius 3 is 2.40 bits per heavy atom. The fourth-order valence-electron chi connectivity index (χ4n) is 3.68. The minimum absolute atomic E-state index is 0.0217. The Hall–Kier alpha value is -2.89. The van der Waals surface area contributed by atoms with Crippen LogP contribution in [0, 0.1) is 0 Å². The highest BCUT2D eigenvalue weighted by Crippen LogP contribution is 2.26. The molecule has 154 valence electrons. The maximum Gasteiger partial charge on any atom is 0.246 e. The topological polar surface area (TPSA) is 47.4 Å². The summed E-state index contributed by atoms with van der Waals surface area (Å²) in [7, 11) is 0. The third-order valence-electron chi connectivity index (χ3n) is 5.02. The smallest absolute Gasteiger partial charge is 0.246 e. The second-order valence-electron chi connectivity index (χ2n) is 7.55. The quantitative estimate of drug-likeness (QED) is 0.566. The van der Waals surface area contributed by atoms with Crippen molar-refractivity contribution in [1.29, 1.82) is 0 Å². The van der Waals surface area contributed by atoms with Gasteiger partial charge in [0.2, 0.25) is 5.91 Å². The van der Waals surface area contributed by atoms with E-state index in [9.17, 15) is 4.79 Å². The zero-order chi connectivity index (χ0) is 21.1. The van der Waals surface area contributed by atoms with Crippen molar-refractivity contribution in [2.45, 2.75) is 26.1 Å². The van der Waals surface area contributed by atoms with E-state index in [-0.39, 0.29) is 18.1 Å². The van der Waals surface area contributed by atoms with Crippen molar-refractivity contribution in [3.63, 3.8) is 0 Å². The minimum atomic E-state index is -0.0217. The lowest BCUT2D eigenvalue weighted by atomic mass is 10.1. The summed E-state index contributed by atoms with van der Waals surface area (Å²) in [4.78, 5) is 14.6. The standard InChI is InChI=1S/C24H24ClN3O2/c1-17-14-27(15-18(2)30-17)23(29)13-10-20-16-28(22-6-4-3-5-7-22)26-24(20)19-8-11-21(25)12-9-19/h3-13,16-18H,14-15H2,1-2H3/b13-10+/t17-,18-/m1/s1. The van der Waals surface area contributed by atoms with Gasteiger partial charge in [-0.15, -0.1) is 0 Å². The molecule has 3 aromatic rings. The van der Waals surface area contributed by atoms with Crippen LogP contribution in [0.5, 0.6) is 0 Å². The van der Waals surface area contributed by atoms with Gasteiger partial charge >= 0.3 is 0 Å². The molecule has 0 bridgehead atoms. The van der Waals surface area contributed by atoms with Crippen LogP contribution in [0.3, 0.4) is 0 Å². The molecule has 2 atom stereocenters. The first kappa shape index (κ1) is 20.4. The highest BCUT2D eigenvalue weighted by atomic mass is 35.5. The average Bonchev–Trinajstić information content (AvgIpc) is 3.17. The zero-order valence-electron chi connectivity index (χ0n) is 17.0. The first-order chi connectivity index (χ1) is 14.5. The summed E-state index contributed by atoms with van der Waals surface area (Å²) in [6.45, 7) is 5.17. The SMILES string of the molecule is C[C@@H]1CN(C(=O)/C=C/c2cn(-c3ccccc3)nc2-c2ccc(Cl)cc2)C[C@@H](C)O1. The molecule has 0 radical (unpaired) electrons. The Labute approximate surface area is 181 Å². The molecule has 1 saturated heterocycles. The number of ether oxygens (including phenoxy) is 1. The molecule has 0 saturated carbocycles. The predicted octanol–water partition coefficient (Wildman–Crippen LogP) is 4.84. The van der Waals surface area contributed by atoms with Crippen LogP contribution < -0.4 is 0 Å². The molecule has 0 aliphatic carbocycles. The van der Waals surface area contributed by atoms with Gasteiger partial charge in [-0.1, -0.05) is 41.9 Å². The first-order valence-corrected chi connectivity index (χ1v) is 10.4. The normalized spacial score (nSPS) is 19.4. The molecule has 5 nitrogen and oxygen atoms in total. The van der Waals surface area contributed by atoms with Crippen molar-refractivity contribution in [3.05, 3.63) is 77.5 Å². The van der Waals surface area contributed by atoms with Crippen molar-refractivity contribution in [2.24, 2.45) is 0 Å². The Kier molecular flexibility index (Phi) is 6.02. The highest BCUT2D eigenvalue weighted by Gasteiger charge is 2.24. The molecule has 0 spiro atoms. The molecular formula is C24H24ClN3O2. The summed E-state index contributed by atoms with van der Waals surface area (Å²) in [5, 5.41) is 5.44. The molecule has 0 unspecified atom stereocenters. The average molecular weight is 422 g/mol. The van der Waals surface area contributed by atoms with Crippen LogP contribution in [0.15, 0.2) is 66.9 Å². The van der Waals surface area contributed by atoms with E-state index in [0.717, 1.165) is 22.5 Å². The van der Waals surface area contributed by atoms with Crippen LogP contribution in [-0.4, -0.2) is 45.9 Å². The van der Waals surface area contributed by atoms with Gasteiger partial charge in [-0.2, -0.15) is 5.10 Å². The molecule has 30 heavy (non-hydrogen) atoms. The van der Waals surface area contributed by atoms with E-state index in [0.29, 0.717) is 18.1 Å². The van der Waals surface area contributed by atoms with E-state index >= 15 is 0 Å². The van der Waals surface area contributed by atoms with Crippen LogP contribution in [0.2, 0.25) is 5.02 Å². The predicted molar refractivity (Wildman–Crippen MR) is 120 cm³/mol. The Morgan fingerprint density at radius 1 is 1.07 bits per heavy atom. The van der Waals surface area contributed by atoms with Crippen molar-refractivity contribution in [1.82, 2.24) is 14.7 Å². The van der Waals surface area contributed by atoms with Gasteiger partial charge in [0, 0.05) is 41.5 Å². The van der Waals surface area contributed by atoms with Gasteiger partial charge < -0.3 is 9.64 Å². The number of para-hydroxylation sites is 1. The molecule has 2 aromatic carbocycles. The number of halogens is 1. The molecule has 1 aliphatic heterocycles. The van der Waals surface area contributed by atoms with Crippen LogP contribution in [-0.2, 0) is 9.53 Å². The summed E-state index contributed by atoms with van der Waals surface area (Å²) in [5.74, 6) is -0.0217. The second-order valence-corrected chi connectivity index (χ2v) is 7.99. The van der Waals surface area contributed by atoms with Gasteiger partial charge in [-0.3, -0.25) is 4.79 Å². The molecule has 0 N–H and O–H groups in total. The molecule has 4 rings (SSSR count). The van der Waals surface area contributed by atoms with Gasteiger partial charge in [0.15, 0.2) is 0 Å². The van der Waals surface area contributed by atoms with Crippen LogP contribution in [0.1, 0.15) is 19.4 Å². The maximum atomic E-state index is 12.8. The number of morpholine rings is 1. The summed E-state index contributed by atoms with van der Waals surface area (Å²) in [5.41, 5.74) is 3.55. The summed E-state index contributed by atoms with van der Waals surface area (Å²) >= 11 is 6.05. The molecule has 1 fully saturated rings. The second kappa shape index (κ2) is 8.86. The molecule has 1 aromatic heterocycles. The number of benzene rings is 2. The van der Waals surface area contributed by atoms with Gasteiger partial charge in [-0.05, 0) is 44.2 Å². The van der Waals surface area contributed by atoms with Gasteiger partial charge in [0.25, 0.3) is 0 Å². The summed E-state index contributed by atoms with van der Waals surface area (Å²) in [6.07, 6.45) is 5.47. The molecule has 1 aliphatic rings. The number of rotatable bonds is 4. The lowest BCUT2D eigenvalue weighted by Crippen LogP contribution is -2.47. The third-order valence-corrected chi connectivity index (χ3v) is 5.27. The van der Waals surface area contributed by atoms with Crippen molar-refractivity contribution < 1.29 is 9.53 Å². The summed E-state index contributed by atoms with van der Waals surface area (Å²) < 4.78 is 7.55. The number of carbonyl (C=O) groups is 1. The van der Waals surface area contributed by atoms with E-state index in [1.165, 1.54) is 0 Å². The number of hydrogen-bond donors (Lipinski definition) is 0. The number of aromatic nitrogens is 2. The number of hydrogen-bond acceptors (Lipinski definition) is 3.